The number of aryl methyl sites for hydroxylation is 2. The molecule has 1 fully saturated rings. The minimum Gasteiger partial charge on any atom is -0.465 e. The number of likely N-dealkylation sites (tertiary alicyclic amines) is 1. The summed E-state index contributed by atoms with van der Waals surface area (Å²) >= 11 is 1.93. The summed E-state index contributed by atoms with van der Waals surface area (Å²) in [7, 11) is 3.57. The molecular weight excluding hydrogens is 387 g/mol. The minimum atomic E-state index is -0.330. The molecule has 0 saturated carbocycles. The average molecular weight is 417 g/mol. The van der Waals surface area contributed by atoms with E-state index >= 15 is 0 Å². The number of esters is 1. The molecule has 2 aromatic rings. The van der Waals surface area contributed by atoms with Crippen molar-refractivity contribution in [2.45, 2.75) is 30.6 Å². The van der Waals surface area contributed by atoms with E-state index in [1.807, 2.05) is 30.0 Å². The van der Waals surface area contributed by atoms with E-state index in [1.165, 1.54) is 25.7 Å². The maximum absolute atomic E-state index is 13.1. The summed E-state index contributed by atoms with van der Waals surface area (Å²) < 4.78 is 18.1. The lowest BCUT2D eigenvalue weighted by atomic mass is 9.99. The van der Waals surface area contributed by atoms with Crippen molar-refractivity contribution in [1.29, 1.82) is 0 Å². The molecule has 2 aromatic carbocycles. The fraction of sp³-hybridized carbons (Fsp3) is 0.435. The molecule has 0 unspecified atom stereocenters. The van der Waals surface area contributed by atoms with Crippen LogP contribution in [0.4, 0.5) is 10.1 Å². The second-order valence-corrected chi connectivity index (χ2v) is 8.70. The third-order valence-corrected chi connectivity index (χ3v) is 6.64. The van der Waals surface area contributed by atoms with Gasteiger partial charge in [0.15, 0.2) is 0 Å². The summed E-state index contributed by atoms with van der Waals surface area (Å²) in [4.78, 5) is 14.7. The molecule has 0 spiro atoms. The number of hydrogen-bond donors (Lipinski definition) is 1. The van der Waals surface area contributed by atoms with Crippen molar-refractivity contribution < 1.29 is 13.9 Å². The van der Waals surface area contributed by atoms with E-state index in [0.717, 1.165) is 36.3 Å². The van der Waals surface area contributed by atoms with Crippen molar-refractivity contribution in [2.24, 2.45) is 0 Å². The van der Waals surface area contributed by atoms with Crippen LogP contribution in [0.5, 0.6) is 0 Å². The Morgan fingerprint density at radius 2 is 2.00 bits per heavy atom. The molecular formula is C23H29FN2O2S. The lowest BCUT2D eigenvalue weighted by Crippen LogP contribution is -2.31. The van der Waals surface area contributed by atoms with Gasteiger partial charge in [-0.1, -0.05) is 18.2 Å². The highest BCUT2D eigenvalue weighted by molar-refractivity contribution is 7.99. The molecule has 1 aliphatic heterocycles. The van der Waals surface area contributed by atoms with E-state index in [-0.39, 0.29) is 11.8 Å². The maximum atomic E-state index is 13.1. The molecule has 6 heteroatoms. The van der Waals surface area contributed by atoms with Gasteiger partial charge in [0.1, 0.15) is 5.82 Å². The van der Waals surface area contributed by atoms with Crippen LogP contribution < -0.4 is 5.32 Å². The number of ether oxygens (including phenoxy) is 1. The quantitative estimate of drug-likeness (QED) is 0.652. The van der Waals surface area contributed by atoms with Crippen molar-refractivity contribution in [3.63, 3.8) is 0 Å². The third kappa shape index (κ3) is 5.73. The molecule has 0 bridgehead atoms. The fourth-order valence-corrected chi connectivity index (χ4v) is 4.61. The van der Waals surface area contributed by atoms with E-state index in [4.69, 9.17) is 4.74 Å². The number of nitrogens with zero attached hydrogens (tertiary/aromatic N) is 1. The van der Waals surface area contributed by atoms with Crippen molar-refractivity contribution in [3.8, 4) is 0 Å². The lowest BCUT2D eigenvalue weighted by Gasteiger charge is -2.20. The van der Waals surface area contributed by atoms with Crippen LogP contribution in [-0.4, -0.2) is 55.7 Å². The summed E-state index contributed by atoms with van der Waals surface area (Å²) in [6, 6.07) is 12.9. The molecule has 2 atom stereocenters. The highest BCUT2D eigenvalue weighted by Gasteiger charge is 2.28. The summed E-state index contributed by atoms with van der Waals surface area (Å²) in [6.45, 7) is 1.96. The van der Waals surface area contributed by atoms with Crippen LogP contribution in [-0.2, 0) is 17.6 Å². The Labute approximate surface area is 176 Å². The average Bonchev–Trinajstić information content (AvgIpc) is 3.11. The predicted molar refractivity (Wildman–Crippen MR) is 118 cm³/mol. The van der Waals surface area contributed by atoms with Gasteiger partial charge in [-0.15, -0.1) is 0 Å². The topological polar surface area (TPSA) is 41.6 Å². The minimum absolute atomic E-state index is 0.240. The molecule has 4 nitrogen and oxygen atoms in total. The van der Waals surface area contributed by atoms with Crippen LogP contribution in [0.2, 0.25) is 0 Å². The Bertz CT molecular complexity index is 828. The predicted octanol–water partition coefficient (Wildman–Crippen LogP) is 4.25. The molecule has 0 amide bonds. The molecule has 1 heterocycles. The standard InChI is InChI=1S/C23H29FN2O2S/c1-26-15-21(29-3)13-20(26)14-25-19-11-8-17(22(12-19)23(27)28-2)7-4-16-5-9-18(24)10-6-16/h5-6,8-12,20-21,25H,4,7,13-15H2,1-3H3/t20-,21-/m0/s1. The van der Waals surface area contributed by atoms with Crippen LogP contribution in [0, 0.1) is 5.82 Å². The maximum Gasteiger partial charge on any atom is 0.338 e. The second kappa shape index (κ2) is 10.1. The Morgan fingerprint density at radius 3 is 2.66 bits per heavy atom. The Kier molecular flexibility index (Phi) is 7.56. The number of anilines is 1. The molecule has 29 heavy (non-hydrogen) atoms. The van der Waals surface area contributed by atoms with Crippen LogP contribution in [0.25, 0.3) is 0 Å². The number of thioether (sulfide) groups is 1. The van der Waals surface area contributed by atoms with Gasteiger partial charge in [0.2, 0.25) is 0 Å². The largest absolute Gasteiger partial charge is 0.465 e. The summed E-state index contributed by atoms with van der Waals surface area (Å²) in [6.07, 6.45) is 4.77. The molecule has 0 aliphatic carbocycles. The van der Waals surface area contributed by atoms with Crippen molar-refractivity contribution in [3.05, 3.63) is 65.0 Å². The third-order valence-electron chi connectivity index (χ3n) is 5.64. The monoisotopic (exact) mass is 416 g/mol. The van der Waals surface area contributed by atoms with E-state index in [2.05, 4.69) is 23.5 Å². The Morgan fingerprint density at radius 1 is 1.24 bits per heavy atom. The molecule has 156 valence electrons. The number of carbonyl (C=O) groups is 1. The first kappa shape index (κ1) is 21.7. The van der Waals surface area contributed by atoms with Gasteiger partial charge >= 0.3 is 5.97 Å². The second-order valence-electron chi connectivity index (χ2n) is 7.56. The van der Waals surface area contributed by atoms with Crippen molar-refractivity contribution >= 4 is 23.4 Å². The SMILES string of the molecule is COC(=O)c1cc(NC[C@@H]2C[C@H](SC)CN2C)ccc1CCc1ccc(F)cc1. The van der Waals surface area contributed by atoms with Gasteiger partial charge in [-0.2, -0.15) is 11.8 Å². The summed E-state index contributed by atoms with van der Waals surface area (Å²) in [5, 5.41) is 4.17. The van der Waals surface area contributed by atoms with Gasteiger partial charge < -0.3 is 15.0 Å². The zero-order chi connectivity index (χ0) is 20.8. The van der Waals surface area contributed by atoms with E-state index in [0.29, 0.717) is 23.3 Å². The number of benzene rings is 2. The molecule has 0 radical (unpaired) electrons. The van der Waals surface area contributed by atoms with Crippen LogP contribution in [0.15, 0.2) is 42.5 Å². The first-order chi connectivity index (χ1) is 14.0. The van der Waals surface area contributed by atoms with E-state index < -0.39 is 0 Å². The smallest absolute Gasteiger partial charge is 0.338 e. The number of nitrogens with one attached hydrogen (secondary N) is 1. The molecule has 3 rings (SSSR count). The summed E-state index contributed by atoms with van der Waals surface area (Å²) in [5.74, 6) is -0.570. The first-order valence-corrected chi connectivity index (χ1v) is 11.2. The van der Waals surface area contributed by atoms with Gasteiger partial charge in [-0.25, -0.2) is 9.18 Å². The molecule has 1 N–H and O–H groups in total. The zero-order valence-electron chi connectivity index (χ0n) is 17.3. The molecule has 0 aromatic heterocycles. The van der Waals surface area contributed by atoms with Crippen LogP contribution in [0.3, 0.4) is 0 Å². The van der Waals surface area contributed by atoms with Crippen molar-refractivity contribution in [1.82, 2.24) is 4.90 Å². The number of carbonyl (C=O) groups excluding carboxylic acids is 1. The summed E-state index contributed by atoms with van der Waals surface area (Å²) in [5.41, 5.74) is 3.49. The van der Waals surface area contributed by atoms with Crippen LogP contribution in [0.1, 0.15) is 27.9 Å². The van der Waals surface area contributed by atoms with Gasteiger partial charge in [-0.3, -0.25) is 0 Å². The highest BCUT2D eigenvalue weighted by Crippen LogP contribution is 2.25. The van der Waals surface area contributed by atoms with Gasteiger partial charge in [0.05, 0.1) is 12.7 Å². The van der Waals surface area contributed by atoms with Crippen molar-refractivity contribution in [2.75, 3.05) is 38.8 Å². The fourth-order valence-electron chi connectivity index (χ4n) is 3.81. The Hall–Kier alpha value is -2.05. The number of methoxy groups -OCH3 is 1. The van der Waals surface area contributed by atoms with E-state index in [1.54, 1.807) is 12.1 Å². The first-order valence-electron chi connectivity index (χ1n) is 9.92. The normalized spacial score (nSPS) is 19.3. The van der Waals surface area contributed by atoms with Gasteiger partial charge in [0, 0.05) is 30.1 Å². The Balaban J connectivity index is 1.67. The highest BCUT2D eigenvalue weighted by atomic mass is 32.2. The lowest BCUT2D eigenvalue weighted by molar-refractivity contribution is 0.0599. The zero-order valence-corrected chi connectivity index (χ0v) is 18.1. The molecule has 1 aliphatic rings. The number of halogens is 1. The molecule has 1 saturated heterocycles. The number of hydrogen-bond acceptors (Lipinski definition) is 5. The van der Waals surface area contributed by atoms with Gasteiger partial charge in [0.25, 0.3) is 0 Å². The number of likely N-dealkylation sites (N-methyl/N-ethyl adjacent to an activating group) is 1. The van der Waals surface area contributed by atoms with E-state index in [9.17, 15) is 9.18 Å². The number of rotatable bonds is 8. The van der Waals surface area contributed by atoms with Crippen LogP contribution >= 0.6 is 11.8 Å². The van der Waals surface area contributed by atoms with Gasteiger partial charge in [-0.05, 0) is 68.0 Å².